The first-order chi connectivity index (χ1) is 10.7. The molecular weight excluding hydrogens is 316 g/mol. The summed E-state index contributed by atoms with van der Waals surface area (Å²) >= 11 is 0. The summed E-state index contributed by atoms with van der Waals surface area (Å²) in [5.74, 6) is -0.466. The number of hydrogen-bond donors (Lipinski definition) is 1. The van der Waals surface area contributed by atoms with Crippen LogP contribution in [-0.2, 0) is 14.8 Å². The zero-order valence-corrected chi connectivity index (χ0v) is 14.8. The summed E-state index contributed by atoms with van der Waals surface area (Å²) in [7, 11) is -0.310. The highest BCUT2D eigenvalue weighted by atomic mass is 32.2. The van der Waals surface area contributed by atoms with Crippen molar-refractivity contribution in [2.75, 3.05) is 33.1 Å². The molecule has 0 spiro atoms. The van der Waals surface area contributed by atoms with Crippen LogP contribution in [0, 0.1) is 19.8 Å². The van der Waals surface area contributed by atoms with E-state index in [4.69, 9.17) is 4.74 Å². The van der Waals surface area contributed by atoms with Gasteiger partial charge in [0.15, 0.2) is 0 Å². The van der Waals surface area contributed by atoms with E-state index in [1.165, 1.54) is 18.4 Å². The van der Waals surface area contributed by atoms with Gasteiger partial charge in [0.1, 0.15) is 0 Å². The molecule has 1 aliphatic heterocycles. The van der Waals surface area contributed by atoms with Gasteiger partial charge in [-0.25, -0.2) is 12.7 Å². The third kappa shape index (κ3) is 4.31. The van der Waals surface area contributed by atoms with Gasteiger partial charge in [0.05, 0.1) is 25.0 Å². The van der Waals surface area contributed by atoms with Crippen molar-refractivity contribution in [3.8, 4) is 0 Å². The van der Waals surface area contributed by atoms with Crippen LogP contribution in [0.5, 0.6) is 0 Å². The second kappa shape index (κ2) is 6.98. The number of nitrogens with one attached hydrogen (secondary N) is 1. The van der Waals surface area contributed by atoms with Gasteiger partial charge in [-0.3, -0.25) is 4.79 Å². The largest absolute Gasteiger partial charge is 0.379 e. The van der Waals surface area contributed by atoms with E-state index in [0.717, 1.165) is 11.1 Å². The van der Waals surface area contributed by atoms with Crippen LogP contribution in [0.15, 0.2) is 18.2 Å². The Balaban J connectivity index is 2.06. The fourth-order valence-electron chi connectivity index (χ4n) is 2.48. The monoisotopic (exact) mass is 340 g/mol. The second-order valence-corrected chi connectivity index (χ2v) is 8.46. The van der Waals surface area contributed by atoms with E-state index in [9.17, 15) is 13.2 Å². The predicted octanol–water partition coefficient (Wildman–Crippen LogP) is 0.940. The van der Waals surface area contributed by atoms with Gasteiger partial charge in [-0.1, -0.05) is 6.07 Å². The normalized spacial score (nSPS) is 21.6. The van der Waals surface area contributed by atoms with Gasteiger partial charge in [-0.2, -0.15) is 0 Å². The number of ether oxygens (including phenoxy) is 1. The van der Waals surface area contributed by atoms with Crippen LogP contribution in [0.1, 0.15) is 21.5 Å². The van der Waals surface area contributed by atoms with Crippen molar-refractivity contribution >= 4 is 15.9 Å². The van der Waals surface area contributed by atoms with E-state index in [2.05, 4.69) is 5.32 Å². The summed E-state index contributed by atoms with van der Waals surface area (Å²) in [5, 5.41) is 2.91. The van der Waals surface area contributed by atoms with E-state index in [-0.39, 0.29) is 23.6 Å². The quantitative estimate of drug-likeness (QED) is 0.865. The Labute approximate surface area is 137 Å². The number of benzene rings is 1. The Morgan fingerprint density at radius 3 is 2.57 bits per heavy atom. The lowest BCUT2D eigenvalue weighted by atomic mass is 10.0. The third-order valence-corrected chi connectivity index (χ3v) is 6.23. The number of carbonyl (C=O) groups excluding carboxylic acids is 1. The van der Waals surface area contributed by atoms with Gasteiger partial charge in [0.25, 0.3) is 5.91 Å². The summed E-state index contributed by atoms with van der Waals surface area (Å²) in [5.41, 5.74) is 2.75. The first-order valence-corrected chi connectivity index (χ1v) is 9.17. The lowest BCUT2D eigenvalue weighted by Gasteiger charge is -2.21. The molecule has 1 aromatic rings. The number of hydrogen-bond acceptors (Lipinski definition) is 4. The molecule has 1 saturated heterocycles. The molecule has 1 N–H and O–H groups in total. The third-order valence-electron chi connectivity index (χ3n) is 4.26. The number of rotatable bonds is 5. The summed E-state index contributed by atoms with van der Waals surface area (Å²) in [6.07, 6.45) is 0. The number of aryl methyl sites for hydroxylation is 2. The Kier molecular flexibility index (Phi) is 5.44. The van der Waals surface area contributed by atoms with E-state index >= 15 is 0 Å². The zero-order chi connectivity index (χ0) is 17.2. The van der Waals surface area contributed by atoms with Crippen LogP contribution >= 0.6 is 0 Å². The number of nitrogens with zero attached hydrogens (tertiary/aromatic N) is 1. The Hall–Kier alpha value is -1.44. The lowest BCUT2D eigenvalue weighted by Crippen LogP contribution is -2.43. The fourth-order valence-corrected chi connectivity index (χ4v) is 3.64. The molecule has 0 aromatic heterocycles. The van der Waals surface area contributed by atoms with Crippen LogP contribution in [0.2, 0.25) is 0 Å². The first-order valence-electron chi connectivity index (χ1n) is 7.57. The smallest absolute Gasteiger partial charge is 0.251 e. The molecule has 0 aliphatic carbocycles. The molecule has 1 heterocycles. The van der Waals surface area contributed by atoms with Crippen molar-refractivity contribution in [3.05, 3.63) is 34.9 Å². The minimum atomic E-state index is -3.33. The van der Waals surface area contributed by atoms with Crippen molar-refractivity contribution in [3.63, 3.8) is 0 Å². The molecule has 0 bridgehead atoms. The van der Waals surface area contributed by atoms with E-state index < -0.39 is 10.0 Å². The van der Waals surface area contributed by atoms with Crippen molar-refractivity contribution in [2.45, 2.75) is 19.9 Å². The fraction of sp³-hybridized carbons (Fsp3) is 0.562. The summed E-state index contributed by atoms with van der Waals surface area (Å²) in [6.45, 7) is 4.62. The highest BCUT2D eigenvalue weighted by molar-refractivity contribution is 7.89. The standard InChI is InChI=1S/C16H24N2O4S/c1-11-5-6-13(7-12(11)2)16(19)17-15-9-22-8-14(15)10-23(20,21)18(3)4/h5-7,14-15H,8-10H2,1-4H3,(H,17,19)/t14-,15-/m0/s1. The molecule has 128 valence electrons. The van der Waals surface area contributed by atoms with Gasteiger partial charge in [0, 0.05) is 25.6 Å². The highest BCUT2D eigenvalue weighted by Gasteiger charge is 2.34. The molecule has 23 heavy (non-hydrogen) atoms. The average Bonchev–Trinajstić information content (AvgIpc) is 2.88. The zero-order valence-electron chi connectivity index (χ0n) is 14.0. The first kappa shape index (κ1) is 17.9. The van der Waals surface area contributed by atoms with Gasteiger partial charge in [-0.05, 0) is 37.1 Å². The molecule has 0 radical (unpaired) electrons. The minimum Gasteiger partial charge on any atom is -0.379 e. The molecule has 6 nitrogen and oxygen atoms in total. The molecule has 2 rings (SSSR count). The topological polar surface area (TPSA) is 75.7 Å². The van der Waals surface area contributed by atoms with Gasteiger partial charge < -0.3 is 10.1 Å². The van der Waals surface area contributed by atoms with Crippen LogP contribution < -0.4 is 5.32 Å². The second-order valence-electron chi connectivity index (χ2n) is 6.24. The molecule has 0 unspecified atom stereocenters. The van der Waals surface area contributed by atoms with Crippen LogP contribution in [0.4, 0.5) is 0 Å². The van der Waals surface area contributed by atoms with E-state index in [0.29, 0.717) is 18.8 Å². The van der Waals surface area contributed by atoms with E-state index in [1.54, 1.807) is 6.07 Å². The maximum atomic E-state index is 12.4. The molecule has 1 aromatic carbocycles. The maximum Gasteiger partial charge on any atom is 0.251 e. The maximum absolute atomic E-state index is 12.4. The average molecular weight is 340 g/mol. The van der Waals surface area contributed by atoms with Crippen molar-refractivity contribution < 1.29 is 17.9 Å². The molecule has 1 amide bonds. The Morgan fingerprint density at radius 1 is 1.26 bits per heavy atom. The van der Waals surface area contributed by atoms with Crippen LogP contribution in [-0.4, -0.2) is 57.7 Å². The van der Waals surface area contributed by atoms with Gasteiger partial charge >= 0.3 is 0 Å². The van der Waals surface area contributed by atoms with Gasteiger partial charge in [-0.15, -0.1) is 0 Å². The predicted molar refractivity (Wildman–Crippen MR) is 89.0 cm³/mol. The van der Waals surface area contributed by atoms with E-state index in [1.807, 2.05) is 26.0 Å². The number of amides is 1. The summed E-state index contributed by atoms with van der Waals surface area (Å²) < 4.78 is 30.6. The summed E-state index contributed by atoms with van der Waals surface area (Å²) in [6, 6.07) is 5.23. The number of carbonyl (C=O) groups is 1. The molecule has 1 fully saturated rings. The molecule has 1 aliphatic rings. The Morgan fingerprint density at radius 2 is 1.96 bits per heavy atom. The SMILES string of the molecule is Cc1ccc(C(=O)N[C@H]2COC[C@H]2CS(=O)(=O)N(C)C)cc1C. The van der Waals surface area contributed by atoms with Crippen molar-refractivity contribution in [1.29, 1.82) is 0 Å². The van der Waals surface area contributed by atoms with Gasteiger partial charge in [0.2, 0.25) is 10.0 Å². The summed E-state index contributed by atoms with van der Waals surface area (Å²) in [4.78, 5) is 12.4. The Bertz CT molecular complexity index is 685. The van der Waals surface area contributed by atoms with Crippen molar-refractivity contribution in [1.82, 2.24) is 9.62 Å². The number of sulfonamides is 1. The molecule has 0 saturated carbocycles. The lowest BCUT2D eigenvalue weighted by molar-refractivity contribution is 0.0926. The molecular formula is C16H24N2O4S. The van der Waals surface area contributed by atoms with Crippen LogP contribution in [0.25, 0.3) is 0 Å². The molecule has 7 heteroatoms. The highest BCUT2D eigenvalue weighted by Crippen LogP contribution is 2.18. The van der Waals surface area contributed by atoms with Crippen LogP contribution in [0.3, 0.4) is 0 Å². The molecule has 2 atom stereocenters. The minimum absolute atomic E-state index is 0.0299. The van der Waals surface area contributed by atoms with Crippen molar-refractivity contribution in [2.24, 2.45) is 5.92 Å².